The molecule has 3 rings (SSSR count). The van der Waals surface area contributed by atoms with Gasteiger partial charge in [0.2, 0.25) is 0 Å². The summed E-state index contributed by atoms with van der Waals surface area (Å²) in [7, 11) is 1.51. The summed E-state index contributed by atoms with van der Waals surface area (Å²) in [6, 6.07) is 7.35. The molecule has 0 saturated carbocycles. The molecule has 2 atom stereocenters. The predicted octanol–water partition coefficient (Wildman–Crippen LogP) is 1.94. The highest BCUT2D eigenvalue weighted by Gasteiger charge is 2.55. The zero-order valence-electron chi connectivity index (χ0n) is 14.3. The van der Waals surface area contributed by atoms with E-state index < -0.39 is 11.6 Å². The Labute approximate surface area is 152 Å². The van der Waals surface area contributed by atoms with Crippen LogP contribution in [0.4, 0.5) is 4.79 Å². The van der Waals surface area contributed by atoms with Crippen LogP contribution in [0.5, 0.6) is 0 Å². The van der Waals surface area contributed by atoms with Crippen molar-refractivity contribution in [1.29, 1.82) is 0 Å². The van der Waals surface area contributed by atoms with Gasteiger partial charge in [0.05, 0.1) is 0 Å². The van der Waals surface area contributed by atoms with Crippen LogP contribution in [0.3, 0.4) is 0 Å². The summed E-state index contributed by atoms with van der Waals surface area (Å²) in [5.74, 6) is -0.310. The van der Waals surface area contributed by atoms with Gasteiger partial charge in [0, 0.05) is 37.0 Å². The molecule has 6 nitrogen and oxygen atoms in total. The minimum atomic E-state index is -1.08. The summed E-state index contributed by atoms with van der Waals surface area (Å²) in [4.78, 5) is 26.6. The number of ketones is 1. The van der Waals surface area contributed by atoms with Crippen molar-refractivity contribution in [1.82, 2.24) is 15.5 Å². The molecule has 2 fully saturated rings. The molecular formula is C18H24ClN3O3. The number of piperidine rings is 1. The Bertz CT molecular complexity index is 645. The van der Waals surface area contributed by atoms with Gasteiger partial charge in [-0.05, 0) is 43.6 Å². The highest BCUT2D eigenvalue weighted by molar-refractivity contribution is 6.30. The Balaban J connectivity index is 2.01. The predicted molar refractivity (Wildman–Crippen MR) is 96.2 cm³/mol. The second kappa shape index (κ2) is 7.32. The molecule has 0 radical (unpaired) electrons. The molecule has 1 aromatic rings. The average Bonchev–Trinajstić information content (AvgIpc) is 3.07. The van der Waals surface area contributed by atoms with E-state index in [4.69, 9.17) is 11.6 Å². The summed E-state index contributed by atoms with van der Waals surface area (Å²) in [5.41, 5.74) is -0.147. The van der Waals surface area contributed by atoms with Crippen molar-refractivity contribution in [2.24, 2.45) is 5.92 Å². The van der Waals surface area contributed by atoms with Crippen LogP contribution in [0.1, 0.15) is 24.3 Å². The first-order chi connectivity index (χ1) is 12.0. The van der Waals surface area contributed by atoms with Gasteiger partial charge >= 0.3 is 6.09 Å². The van der Waals surface area contributed by atoms with Gasteiger partial charge in [0.25, 0.3) is 0 Å². The van der Waals surface area contributed by atoms with Crippen molar-refractivity contribution < 1.29 is 14.7 Å². The Morgan fingerprint density at radius 1 is 1.20 bits per heavy atom. The number of nitrogens with zero attached hydrogens (tertiary/aromatic N) is 1. The second-order valence-electron chi connectivity index (χ2n) is 6.89. The third-order valence-corrected chi connectivity index (χ3v) is 5.87. The molecule has 25 heavy (non-hydrogen) atoms. The minimum absolute atomic E-state index is 0.0313. The quantitative estimate of drug-likeness (QED) is 0.759. The standard InChI is InChI=1S/C18H24ClN3O3/c1-22(17(24)25)18(16(23)13-6-8-20-9-7-13)11-21-10-15(18)12-2-4-14(19)5-3-12/h2-5,13,15,20-21H,6-11H2,1H3,(H,24,25)/t15-,18+/m0/s1. The molecule has 0 aliphatic carbocycles. The Hall–Kier alpha value is -1.63. The fraction of sp³-hybridized carbons (Fsp3) is 0.556. The lowest BCUT2D eigenvalue weighted by atomic mass is 9.72. The molecule has 0 bridgehead atoms. The maximum absolute atomic E-state index is 13.5. The van der Waals surface area contributed by atoms with Crippen LogP contribution in [0.25, 0.3) is 0 Å². The molecule has 1 amide bonds. The Kier molecular flexibility index (Phi) is 5.32. The third-order valence-electron chi connectivity index (χ3n) is 5.61. The first-order valence-electron chi connectivity index (χ1n) is 8.65. The fourth-order valence-corrected chi connectivity index (χ4v) is 4.30. The van der Waals surface area contributed by atoms with E-state index in [-0.39, 0.29) is 17.6 Å². The van der Waals surface area contributed by atoms with Crippen LogP contribution in [0.15, 0.2) is 24.3 Å². The monoisotopic (exact) mass is 365 g/mol. The average molecular weight is 366 g/mol. The van der Waals surface area contributed by atoms with Gasteiger partial charge in [0.15, 0.2) is 5.78 Å². The SMILES string of the molecule is CN(C(=O)O)[C@]1(C(=O)C2CCNCC2)CNC[C@H]1c1ccc(Cl)cc1. The van der Waals surface area contributed by atoms with Gasteiger partial charge < -0.3 is 15.7 Å². The van der Waals surface area contributed by atoms with E-state index in [2.05, 4.69) is 10.6 Å². The van der Waals surface area contributed by atoms with Gasteiger partial charge in [-0.3, -0.25) is 9.69 Å². The van der Waals surface area contributed by atoms with Gasteiger partial charge in [-0.25, -0.2) is 4.79 Å². The van der Waals surface area contributed by atoms with E-state index in [0.717, 1.165) is 31.5 Å². The van der Waals surface area contributed by atoms with Gasteiger partial charge in [-0.1, -0.05) is 23.7 Å². The smallest absolute Gasteiger partial charge is 0.407 e. The number of carboxylic acid groups (broad SMARTS) is 1. The second-order valence-corrected chi connectivity index (χ2v) is 7.33. The zero-order valence-corrected chi connectivity index (χ0v) is 15.1. The highest BCUT2D eigenvalue weighted by Crippen LogP contribution is 2.40. The molecule has 1 aromatic carbocycles. The number of hydrogen-bond acceptors (Lipinski definition) is 4. The molecule has 2 aliphatic heterocycles. The molecule has 0 spiro atoms. The first-order valence-corrected chi connectivity index (χ1v) is 9.02. The maximum atomic E-state index is 13.5. The van der Waals surface area contributed by atoms with E-state index in [9.17, 15) is 14.7 Å². The van der Waals surface area contributed by atoms with E-state index >= 15 is 0 Å². The van der Waals surface area contributed by atoms with Crippen LogP contribution in [-0.2, 0) is 4.79 Å². The van der Waals surface area contributed by atoms with Gasteiger partial charge in [-0.15, -0.1) is 0 Å². The normalized spacial score (nSPS) is 27.2. The van der Waals surface area contributed by atoms with Gasteiger partial charge in [0.1, 0.15) is 5.54 Å². The first kappa shape index (κ1) is 18.2. The van der Waals surface area contributed by atoms with Crippen LogP contribution in [0, 0.1) is 5.92 Å². The third kappa shape index (κ3) is 3.26. The van der Waals surface area contributed by atoms with Crippen molar-refractivity contribution >= 4 is 23.5 Å². The summed E-state index contributed by atoms with van der Waals surface area (Å²) < 4.78 is 0. The number of likely N-dealkylation sites (N-methyl/N-ethyl adjacent to an activating group) is 1. The number of hydrogen-bond donors (Lipinski definition) is 3. The molecule has 3 N–H and O–H groups in total. The molecular weight excluding hydrogens is 342 g/mol. The van der Waals surface area contributed by atoms with Crippen molar-refractivity contribution in [3.8, 4) is 0 Å². The summed E-state index contributed by atoms with van der Waals surface area (Å²) in [6.45, 7) is 2.49. The number of halogens is 1. The summed E-state index contributed by atoms with van der Waals surface area (Å²) in [6.07, 6.45) is 0.424. The van der Waals surface area contributed by atoms with Crippen molar-refractivity contribution in [2.45, 2.75) is 24.3 Å². The lowest BCUT2D eigenvalue weighted by molar-refractivity contribution is -0.134. The van der Waals surface area contributed by atoms with Crippen molar-refractivity contribution in [3.05, 3.63) is 34.9 Å². The zero-order chi connectivity index (χ0) is 18.0. The van der Waals surface area contributed by atoms with Crippen LogP contribution in [0.2, 0.25) is 5.02 Å². The number of rotatable bonds is 4. The number of amides is 1. The molecule has 2 aliphatic rings. The van der Waals surface area contributed by atoms with E-state index in [1.54, 1.807) is 12.1 Å². The summed E-state index contributed by atoms with van der Waals surface area (Å²) >= 11 is 5.99. The molecule has 0 aromatic heterocycles. The lowest BCUT2D eigenvalue weighted by Crippen LogP contribution is -2.61. The van der Waals surface area contributed by atoms with E-state index in [1.165, 1.54) is 11.9 Å². The van der Waals surface area contributed by atoms with Crippen molar-refractivity contribution in [3.63, 3.8) is 0 Å². The number of nitrogens with one attached hydrogen (secondary N) is 2. The lowest BCUT2D eigenvalue weighted by Gasteiger charge is -2.42. The minimum Gasteiger partial charge on any atom is -0.465 e. The molecule has 136 valence electrons. The Morgan fingerprint density at radius 3 is 2.44 bits per heavy atom. The maximum Gasteiger partial charge on any atom is 0.407 e. The topological polar surface area (TPSA) is 81.7 Å². The van der Waals surface area contributed by atoms with Crippen molar-refractivity contribution in [2.75, 3.05) is 33.2 Å². The highest BCUT2D eigenvalue weighted by atomic mass is 35.5. The number of carbonyl (C=O) groups is 2. The van der Waals surface area contributed by atoms with Crippen LogP contribution >= 0.6 is 11.6 Å². The molecule has 7 heteroatoms. The van der Waals surface area contributed by atoms with Crippen LogP contribution < -0.4 is 10.6 Å². The fourth-order valence-electron chi connectivity index (χ4n) is 4.17. The summed E-state index contributed by atoms with van der Waals surface area (Å²) in [5, 5.41) is 16.8. The van der Waals surface area contributed by atoms with E-state index in [1.807, 2.05) is 12.1 Å². The molecule has 2 heterocycles. The largest absolute Gasteiger partial charge is 0.465 e. The Morgan fingerprint density at radius 2 is 1.84 bits per heavy atom. The molecule has 0 unspecified atom stereocenters. The number of carbonyl (C=O) groups excluding carboxylic acids is 1. The molecule has 2 saturated heterocycles. The number of benzene rings is 1. The number of Topliss-reactive ketones (excluding diaryl/α,β-unsaturated/α-hetero) is 1. The van der Waals surface area contributed by atoms with E-state index in [0.29, 0.717) is 18.1 Å². The van der Waals surface area contributed by atoms with Crippen LogP contribution in [-0.4, -0.2) is 60.6 Å². The van der Waals surface area contributed by atoms with Gasteiger partial charge in [-0.2, -0.15) is 0 Å².